The summed E-state index contributed by atoms with van der Waals surface area (Å²) in [5.41, 5.74) is 1.21. The summed E-state index contributed by atoms with van der Waals surface area (Å²) < 4.78 is 27.2. The maximum absolute atomic E-state index is 5.70. The van der Waals surface area contributed by atoms with E-state index in [9.17, 15) is 0 Å². The molecule has 0 spiro atoms. The first-order valence-electron chi connectivity index (χ1n) is 8.40. The van der Waals surface area contributed by atoms with Crippen LogP contribution in [0.1, 0.15) is 5.56 Å². The van der Waals surface area contributed by atoms with E-state index in [0.29, 0.717) is 39.6 Å². The van der Waals surface area contributed by atoms with Crippen LogP contribution < -0.4 is 14.2 Å². The number of aryl methyl sites for hydroxylation is 1. The molecule has 0 bridgehead atoms. The zero-order valence-electron chi connectivity index (χ0n) is 14.9. The molecule has 0 aromatic heterocycles. The fourth-order valence-electron chi connectivity index (χ4n) is 2.07. The lowest BCUT2D eigenvalue weighted by molar-refractivity contribution is 0.0544. The Balaban J connectivity index is 1.64. The van der Waals surface area contributed by atoms with Crippen molar-refractivity contribution in [2.24, 2.45) is 0 Å². The number of rotatable bonds is 12. The van der Waals surface area contributed by atoms with E-state index in [0.717, 1.165) is 17.2 Å². The lowest BCUT2D eigenvalue weighted by Gasteiger charge is -2.11. The quantitative estimate of drug-likeness (QED) is 0.551. The van der Waals surface area contributed by atoms with Gasteiger partial charge in [0.05, 0.1) is 19.8 Å². The molecule has 136 valence electrons. The maximum atomic E-state index is 5.70. The molecular formula is C20H26O5. The Morgan fingerprint density at radius 3 is 1.84 bits per heavy atom. The highest BCUT2D eigenvalue weighted by molar-refractivity contribution is 5.33. The molecule has 0 aliphatic rings. The summed E-state index contributed by atoms with van der Waals surface area (Å²) in [6, 6.07) is 15.5. The topological polar surface area (TPSA) is 46.2 Å². The Bertz CT molecular complexity index is 597. The van der Waals surface area contributed by atoms with Gasteiger partial charge in [0.2, 0.25) is 0 Å². The molecule has 2 aromatic carbocycles. The van der Waals surface area contributed by atoms with Crippen molar-refractivity contribution in [3.05, 3.63) is 54.1 Å². The number of benzene rings is 2. The molecule has 5 nitrogen and oxygen atoms in total. The Labute approximate surface area is 149 Å². The third-order valence-electron chi connectivity index (χ3n) is 3.38. The molecular weight excluding hydrogens is 320 g/mol. The van der Waals surface area contributed by atoms with E-state index in [-0.39, 0.29) is 0 Å². The van der Waals surface area contributed by atoms with Crippen molar-refractivity contribution in [1.29, 1.82) is 0 Å². The molecule has 2 aromatic rings. The molecule has 0 unspecified atom stereocenters. The second-order valence-electron chi connectivity index (χ2n) is 5.44. The summed E-state index contributed by atoms with van der Waals surface area (Å²) in [5, 5.41) is 0. The number of hydrogen-bond acceptors (Lipinski definition) is 5. The lowest BCUT2D eigenvalue weighted by atomic mass is 10.2. The van der Waals surface area contributed by atoms with Gasteiger partial charge < -0.3 is 23.7 Å². The summed E-state index contributed by atoms with van der Waals surface area (Å²) >= 11 is 0. The fraction of sp³-hybridized carbons (Fsp3) is 0.400. The average Bonchev–Trinajstić information content (AvgIpc) is 2.63. The molecule has 0 saturated heterocycles. The van der Waals surface area contributed by atoms with E-state index in [1.165, 1.54) is 5.56 Å². The molecule has 5 heteroatoms. The van der Waals surface area contributed by atoms with Crippen LogP contribution in [-0.4, -0.2) is 46.8 Å². The van der Waals surface area contributed by atoms with Gasteiger partial charge in [-0.3, -0.25) is 0 Å². The first-order chi connectivity index (χ1) is 12.3. The molecule has 0 saturated carbocycles. The Kier molecular flexibility index (Phi) is 8.66. The Morgan fingerprint density at radius 2 is 1.20 bits per heavy atom. The van der Waals surface area contributed by atoms with Crippen LogP contribution in [0.25, 0.3) is 0 Å². The SMILES string of the molecule is COCCOCCOc1cccc(OCCOc2ccc(C)cc2)c1. The normalized spacial score (nSPS) is 10.5. The highest BCUT2D eigenvalue weighted by Gasteiger charge is 1.99. The molecule has 0 fully saturated rings. The van der Waals surface area contributed by atoms with Crippen molar-refractivity contribution in [2.45, 2.75) is 6.92 Å². The molecule has 0 atom stereocenters. The number of hydrogen-bond donors (Lipinski definition) is 0. The average molecular weight is 346 g/mol. The van der Waals surface area contributed by atoms with Crippen LogP contribution in [0.2, 0.25) is 0 Å². The fourth-order valence-corrected chi connectivity index (χ4v) is 2.07. The minimum atomic E-state index is 0.470. The third-order valence-corrected chi connectivity index (χ3v) is 3.38. The second kappa shape index (κ2) is 11.3. The van der Waals surface area contributed by atoms with Crippen molar-refractivity contribution in [2.75, 3.05) is 46.8 Å². The molecule has 0 radical (unpaired) electrons. The van der Waals surface area contributed by atoms with Crippen LogP contribution in [0.3, 0.4) is 0 Å². The summed E-state index contributed by atoms with van der Waals surface area (Å²) in [6.07, 6.45) is 0. The van der Waals surface area contributed by atoms with Crippen LogP contribution in [0, 0.1) is 6.92 Å². The smallest absolute Gasteiger partial charge is 0.123 e. The molecule has 0 aliphatic heterocycles. The number of methoxy groups -OCH3 is 1. The maximum Gasteiger partial charge on any atom is 0.123 e. The summed E-state index contributed by atoms with van der Waals surface area (Å²) in [5.74, 6) is 2.36. The van der Waals surface area contributed by atoms with Crippen LogP contribution in [0.15, 0.2) is 48.5 Å². The van der Waals surface area contributed by atoms with Crippen molar-refractivity contribution in [3.63, 3.8) is 0 Å². The summed E-state index contributed by atoms with van der Waals surface area (Å²) in [4.78, 5) is 0. The standard InChI is InChI=1S/C20H26O5/c1-17-6-8-18(9-7-17)23-14-15-25-20-5-3-4-19(16-20)24-13-12-22-11-10-21-2/h3-9,16H,10-15H2,1-2H3. The molecule has 0 aliphatic carbocycles. The van der Waals surface area contributed by atoms with Gasteiger partial charge in [-0.2, -0.15) is 0 Å². The van der Waals surface area contributed by atoms with E-state index in [1.807, 2.05) is 55.5 Å². The van der Waals surface area contributed by atoms with Gasteiger partial charge in [0.1, 0.15) is 37.1 Å². The van der Waals surface area contributed by atoms with Gasteiger partial charge in [-0.15, -0.1) is 0 Å². The largest absolute Gasteiger partial charge is 0.491 e. The Morgan fingerprint density at radius 1 is 0.640 bits per heavy atom. The van der Waals surface area contributed by atoms with E-state index >= 15 is 0 Å². The zero-order valence-corrected chi connectivity index (χ0v) is 14.9. The monoisotopic (exact) mass is 346 g/mol. The molecule has 0 amide bonds. The predicted octanol–water partition coefficient (Wildman–Crippen LogP) is 3.49. The highest BCUT2D eigenvalue weighted by atomic mass is 16.5. The van der Waals surface area contributed by atoms with E-state index in [1.54, 1.807) is 7.11 Å². The third kappa shape index (κ3) is 7.92. The Hall–Kier alpha value is -2.24. The predicted molar refractivity (Wildman–Crippen MR) is 96.8 cm³/mol. The van der Waals surface area contributed by atoms with Gasteiger partial charge in [0.25, 0.3) is 0 Å². The van der Waals surface area contributed by atoms with E-state index < -0.39 is 0 Å². The summed E-state index contributed by atoms with van der Waals surface area (Å²) in [6.45, 7) is 5.19. The van der Waals surface area contributed by atoms with E-state index in [2.05, 4.69) is 0 Å². The van der Waals surface area contributed by atoms with Crippen LogP contribution >= 0.6 is 0 Å². The van der Waals surface area contributed by atoms with E-state index in [4.69, 9.17) is 23.7 Å². The van der Waals surface area contributed by atoms with Gasteiger partial charge in [0, 0.05) is 13.2 Å². The van der Waals surface area contributed by atoms with Gasteiger partial charge >= 0.3 is 0 Å². The zero-order chi connectivity index (χ0) is 17.7. The van der Waals surface area contributed by atoms with Crippen LogP contribution in [0.5, 0.6) is 17.2 Å². The molecule has 0 N–H and O–H groups in total. The van der Waals surface area contributed by atoms with Crippen molar-refractivity contribution in [3.8, 4) is 17.2 Å². The van der Waals surface area contributed by atoms with Gasteiger partial charge in [-0.25, -0.2) is 0 Å². The van der Waals surface area contributed by atoms with Gasteiger partial charge in [-0.05, 0) is 31.2 Å². The van der Waals surface area contributed by atoms with Gasteiger partial charge in [0.15, 0.2) is 0 Å². The first kappa shape index (κ1) is 19.1. The van der Waals surface area contributed by atoms with Crippen LogP contribution in [-0.2, 0) is 9.47 Å². The highest BCUT2D eigenvalue weighted by Crippen LogP contribution is 2.19. The van der Waals surface area contributed by atoms with Crippen LogP contribution in [0.4, 0.5) is 0 Å². The van der Waals surface area contributed by atoms with Crippen molar-refractivity contribution in [1.82, 2.24) is 0 Å². The number of ether oxygens (including phenoxy) is 5. The summed E-state index contributed by atoms with van der Waals surface area (Å²) in [7, 11) is 1.65. The second-order valence-corrected chi connectivity index (χ2v) is 5.44. The molecule has 2 rings (SSSR count). The minimum Gasteiger partial charge on any atom is -0.491 e. The molecule has 25 heavy (non-hydrogen) atoms. The molecule has 0 heterocycles. The minimum absolute atomic E-state index is 0.470. The lowest BCUT2D eigenvalue weighted by Crippen LogP contribution is -2.10. The first-order valence-corrected chi connectivity index (χ1v) is 8.40. The van der Waals surface area contributed by atoms with Crippen molar-refractivity contribution < 1.29 is 23.7 Å². The van der Waals surface area contributed by atoms with Gasteiger partial charge in [-0.1, -0.05) is 23.8 Å². The van der Waals surface area contributed by atoms with Crippen molar-refractivity contribution >= 4 is 0 Å².